The summed E-state index contributed by atoms with van der Waals surface area (Å²) in [7, 11) is 0. The number of nitrogens with zero attached hydrogens (tertiary/aromatic N) is 1. The Morgan fingerprint density at radius 3 is 2.38 bits per heavy atom. The molecule has 0 unspecified atom stereocenters. The number of nitrogens with one attached hydrogen (secondary N) is 1. The van der Waals surface area contributed by atoms with Crippen LogP contribution < -0.4 is 10.1 Å². The lowest BCUT2D eigenvalue weighted by Crippen LogP contribution is -2.49. The molecule has 132 valence electrons. The maximum Gasteiger partial charge on any atom is 0.258 e. The van der Waals surface area contributed by atoms with E-state index in [-0.39, 0.29) is 18.4 Å². The number of ether oxygens (including phenoxy) is 1. The van der Waals surface area contributed by atoms with Crippen LogP contribution in [0, 0.1) is 12.8 Å². The molecule has 0 aromatic heterocycles. The Kier molecular flexibility index (Phi) is 6.64. The van der Waals surface area contributed by atoms with E-state index in [9.17, 15) is 9.59 Å². The zero-order chi connectivity index (χ0) is 17.5. The lowest BCUT2D eigenvalue weighted by Gasteiger charge is -2.25. The smallest absolute Gasteiger partial charge is 0.258 e. The van der Waals surface area contributed by atoms with Gasteiger partial charge in [0.1, 0.15) is 11.8 Å². The molecule has 0 aliphatic carbocycles. The van der Waals surface area contributed by atoms with Crippen molar-refractivity contribution < 1.29 is 14.3 Å². The van der Waals surface area contributed by atoms with E-state index in [1.807, 2.05) is 36.1 Å². The topological polar surface area (TPSA) is 58.6 Å². The quantitative estimate of drug-likeness (QED) is 0.835. The van der Waals surface area contributed by atoms with Gasteiger partial charge in [-0.15, -0.1) is 0 Å². The minimum absolute atomic E-state index is 0.0323. The third-order valence-electron chi connectivity index (χ3n) is 4.15. The molecule has 24 heavy (non-hydrogen) atoms. The van der Waals surface area contributed by atoms with Crippen molar-refractivity contribution in [1.82, 2.24) is 10.2 Å². The van der Waals surface area contributed by atoms with Gasteiger partial charge in [0, 0.05) is 13.1 Å². The van der Waals surface area contributed by atoms with Crippen molar-refractivity contribution in [1.29, 1.82) is 0 Å². The molecule has 1 aromatic rings. The Hall–Kier alpha value is -2.04. The molecule has 1 heterocycles. The molecule has 1 aromatic carbocycles. The molecular formula is C19H28N2O3. The number of hydrogen-bond donors (Lipinski definition) is 1. The third-order valence-corrected chi connectivity index (χ3v) is 4.15. The second kappa shape index (κ2) is 8.71. The van der Waals surface area contributed by atoms with Crippen molar-refractivity contribution in [3.05, 3.63) is 29.8 Å². The van der Waals surface area contributed by atoms with Crippen LogP contribution in [0.5, 0.6) is 5.75 Å². The van der Waals surface area contributed by atoms with Crippen molar-refractivity contribution in [2.75, 3.05) is 19.7 Å². The van der Waals surface area contributed by atoms with E-state index < -0.39 is 6.04 Å². The van der Waals surface area contributed by atoms with Crippen LogP contribution in [0.3, 0.4) is 0 Å². The highest BCUT2D eigenvalue weighted by atomic mass is 16.5. The number of amides is 2. The first-order valence-corrected chi connectivity index (χ1v) is 8.73. The SMILES string of the molecule is Cc1ccc(OCC(=O)N[C@@H](CC(C)C)C(=O)N2CCCC2)cc1. The van der Waals surface area contributed by atoms with Crippen LogP contribution >= 0.6 is 0 Å². The molecule has 1 aliphatic rings. The van der Waals surface area contributed by atoms with Crippen LogP contribution in [0.1, 0.15) is 38.7 Å². The van der Waals surface area contributed by atoms with Gasteiger partial charge in [-0.3, -0.25) is 9.59 Å². The normalized spacial score (nSPS) is 15.4. The van der Waals surface area contributed by atoms with Crippen LogP contribution in [0.4, 0.5) is 0 Å². The maximum absolute atomic E-state index is 12.6. The molecule has 1 saturated heterocycles. The predicted molar refractivity (Wildman–Crippen MR) is 93.9 cm³/mol. The predicted octanol–water partition coefficient (Wildman–Crippen LogP) is 2.53. The van der Waals surface area contributed by atoms with Gasteiger partial charge in [-0.2, -0.15) is 0 Å². The summed E-state index contributed by atoms with van der Waals surface area (Å²) < 4.78 is 5.50. The summed E-state index contributed by atoms with van der Waals surface area (Å²) in [5.74, 6) is 0.764. The minimum atomic E-state index is -0.461. The Bertz CT molecular complexity index is 548. The van der Waals surface area contributed by atoms with Gasteiger partial charge in [-0.05, 0) is 44.2 Å². The van der Waals surface area contributed by atoms with Gasteiger partial charge < -0.3 is 15.0 Å². The molecule has 0 bridgehead atoms. The van der Waals surface area contributed by atoms with Crippen molar-refractivity contribution in [3.63, 3.8) is 0 Å². The molecule has 0 radical (unpaired) electrons. The Morgan fingerprint density at radius 1 is 1.17 bits per heavy atom. The molecule has 1 N–H and O–H groups in total. The van der Waals surface area contributed by atoms with E-state index >= 15 is 0 Å². The summed E-state index contributed by atoms with van der Waals surface area (Å²) in [4.78, 5) is 26.6. The first kappa shape index (κ1) is 18.3. The van der Waals surface area contributed by atoms with Gasteiger partial charge in [-0.1, -0.05) is 31.5 Å². The van der Waals surface area contributed by atoms with Gasteiger partial charge in [0.15, 0.2) is 6.61 Å². The van der Waals surface area contributed by atoms with Gasteiger partial charge in [-0.25, -0.2) is 0 Å². The lowest BCUT2D eigenvalue weighted by molar-refractivity contribution is -0.136. The van der Waals surface area contributed by atoms with Crippen molar-refractivity contribution in [2.24, 2.45) is 5.92 Å². The molecule has 1 aliphatic heterocycles. The molecule has 1 fully saturated rings. The highest BCUT2D eigenvalue weighted by Gasteiger charge is 2.28. The Labute approximate surface area is 144 Å². The fraction of sp³-hybridized carbons (Fsp3) is 0.579. The summed E-state index contributed by atoms with van der Waals surface area (Å²) >= 11 is 0. The zero-order valence-electron chi connectivity index (χ0n) is 14.9. The molecule has 5 nitrogen and oxygen atoms in total. The van der Waals surface area contributed by atoms with E-state index in [1.54, 1.807) is 0 Å². The molecule has 2 amide bonds. The van der Waals surface area contributed by atoms with Gasteiger partial charge >= 0.3 is 0 Å². The number of likely N-dealkylation sites (tertiary alicyclic amines) is 1. The van der Waals surface area contributed by atoms with Gasteiger partial charge in [0.05, 0.1) is 0 Å². The van der Waals surface area contributed by atoms with Crippen molar-refractivity contribution in [3.8, 4) is 5.75 Å². The highest BCUT2D eigenvalue weighted by Crippen LogP contribution is 2.14. The second-order valence-corrected chi connectivity index (χ2v) is 6.88. The standard InChI is InChI=1S/C19H28N2O3/c1-14(2)12-17(19(23)21-10-4-5-11-21)20-18(22)13-24-16-8-6-15(3)7-9-16/h6-9,14,17H,4-5,10-13H2,1-3H3,(H,20,22)/t17-/m0/s1. The van der Waals surface area contributed by atoms with Crippen LogP contribution in [0.15, 0.2) is 24.3 Å². The summed E-state index contributed by atoms with van der Waals surface area (Å²) in [5, 5.41) is 2.85. The fourth-order valence-corrected chi connectivity index (χ4v) is 2.87. The van der Waals surface area contributed by atoms with E-state index in [4.69, 9.17) is 4.74 Å². The van der Waals surface area contributed by atoms with Gasteiger partial charge in [0.2, 0.25) is 5.91 Å². The van der Waals surface area contributed by atoms with Crippen LogP contribution in [0.25, 0.3) is 0 Å². The first-order chi connectivity index (χ1) is 11.5. The maximum atomic E-state index is 12.6. The summed E-state index contributed by atoms with van der Waals surface area (Å²) in [6, 6.07) is 7.09. The molecule has 0 spiro atoms. The Morgan fingerprint density at radius 2 is 1.79 bits per heavy atom. The first-order valence-electron chi connectivity index (χ1n) is 8.73. The molecular weight excluding hydrogens is 304 g/mol. The second-order valence-electron chi connectivity index (χ2n) is 6.88. The van der Waals surface area contributed by atoms with E-state index in [1.165, 1.54) is 0 Å². The number of carbonyl (C=O) groups is 2. The van der Waals surface area contributed by atoms with Gasteiger partial charge in [0.25, 0.3) is 5.91 Å². The minimum Gasteiger partial charge on any atom is -0.484 e. The number of benzene rings is 1. The summed E-state index contributed by atoms with van der Waals surface area (Å²) in [6.45, 7) is 7.62. The summed E-state index contributed by atoms with van der Waals surface area (Å²) in [6.07, 6.45) is 2.74. The summed E-state index contributed by atoms with van der Waals surface area (Å²) in [5.41, 5.74) is 1.14. The highest BCUT2D eigenvalue weighted by molar-refractivity contribution is 5.88. The third kappa shape index (κ3) is 5.55. The Balaban J connectivity index is 1.88. The molecule has 5 heteroatoms. The fourth-order valence-electron chi connectivity index (χ4n) is 2.87. The lowest BCUT2D eigenvalue weighted by atomic mass is 10.0. The largest absolute Gasteiger partial charge is 0.484 e. The van der Waals surface area contributed by atoms with Crippen LogP contribution in [0.2, 0.25) is 0 Å². The molecule has 0 saturated carbocycles. The van der Waals surface area contributed by atoms with Crippen LogP contribution in [-0.2, 0) is 9.59 Å². The van der Waals surface area contributed by atoms with E-state index in [2.05, 4.69) is 19.2 Å². The average molecular weight is 332 g/mol. The van der Waals surface area contributed by atoms with Crippen LogP contribution in [-0.4, -0.2) is 42.5 Å². The van der Waals surface area contributed by atoms with Crippen molar-refractivity contribution >= 4 is 11.8 Å². The number of carbonyl (C=O) groups excluding carboxylic acids is 2. The van der Waals surface area contributed by atoms with E-state index in [0.717, 1.165) is 31.5 Å². The monoisotopic (exact) mass is 332 g/mol. The molecule has 1 atom stereocenters. The van der Waals surface area contributed by atoms with E-state index in [0.29, 0.717) is 18.1 Å². The number of rotatable bonds is 7. The zero-order valence-corrected chi connectivity index (χ0v) is 14.9. The average Bonchev–Trinajstić information content (AvgIpc) is 3.07. The molecule has 2 rings (SSSR count). The number of aryl methyl sites for hydroxylation is 1. The number of hydrogen-bond acceptors (Lipinski definition) is 3. The van der Waals surface area contributed by atoms with Crippen molar-refractivity contribution in [2.45, 2.75) is 46.1 Å².